The van der Waals surface area contributed by atoms with E-state index in [1.54, 1.807) is 7.11 Å². The fraction of sp³-hybridized carbons (Fsp3) is 0.385. The Kier molecular flexibility index (Phi) is 4.30. The molecule has 1 aromatic heterocycles. The van der Waals surface area contributed by atoms with Crippen LogP contribution in [0.5, 0.6) is 5.75 Å². The molecule has 5 nitrogen and oxygen atoms in total. The van der Waals surface area contributed by atoms with Crippen LogP contribution in [-0.4, -0.2) is 30.8 Å². The molecule has 2 rings (SSSR count). The predicted molar refractivity (Wildman–Crippen MR) is 67.7 cm³/mol. The summed E-state index contributed by atoms with van der Waals surface area (Å²) in [5.41, 5.74) is 1.12. The van der Waals surface area contributed by atoms with Gasteiger partial charge in [0.1, 0.15) is 5.75 Å². The maximum Gasteiger partial charge on any atom is 0.231 e. The van der Waals surface area contributed by atoms with Crippen molar-refractivity contribution in [2.45, 2.75) is 12.8 Å². The van der Waals surface area contributed by atoms with Crippen molar-refractivity contribution in [2.24, 2.45) is 0 Å². The molecule has 1 aromatic carbocycles. The average Bonchev–Trinajstić information content (AvgIpc) is 2.85. The number of likely N-dealkylation sites (N-methyl/N-ethyl adjacent to an activating group) is 1. The Morgan fingerprint density at radius 3 is 2.72 bits per heavy atom. The molecule has 1 heterocycles. The lowest BCUT2D eigenvalue weighted by atomic mass is 10.1. The van der Waals surface area contributed by atoms with Crippen LogP contribution in [0.1, 0.15) is 17.3 Å². The summed E-state index contributed by atoms with van der Waals surface area (Å²) in [7, 11) is 3.55. The number of benzene rings is 1. The normalized spacial score (nSPS) is 10.6. The van der Waals surface area contributed by atoms with E-state index in [2.05, 4.69) is 15.5 Å². The first-order valence-electron chi connectivity index (χ1n) is 5.91. The summed E-state index contributed by atoms with van der Waals surface area (Å²) >= 11 is 0. The zero-order chi connectivity index (χ0) is 12.8. The largest absolute Gasteiger partial charge is 0.497 e. The first-order valence-corrected chi connectivity index (χ1v) is 5.91. The molecule has 0 aliphatic carbocycles. The molecule has 0 unspecified atom stereocenters. The molecular weight excluding hydrogens is 230 g/mol. The summed E-state index contributed by atoms with van der Waals surface area (Å²) in [6.07, 6.45) is 1.43. The molecular formula is C13H17N3O2. The van der Waals surface area contributed by atoms with Crippen LogP contribution in [0.15, 0.2) is 28.8 Å². The third-order valence-electron chi connectivity index (χ3n) is 2.62. The Bertz CT molecular complexity index is 479. The lowest BCUT2D eigenvalue weighted by Crippen LogP contribution is -2.11. The van der Waals surface area contributed by atoms with Gasteiger partial charge >= 0.3 is 0 Å². The van der Waals surface area contributed by atoms with Crippen molar-refractivity contribution in [3.63, 3.8) is 0 Å². The Balaban J connectivity index is 1.97. The van der Waals surface area contributed by atoms with Crippen molar-refractivity contribution in [3.05, 3.63) is 41.5 Å². The van der Waals surface area contributed by atoms with Crippen LogP contribution >= 0.6 is 0 Å². The molecule has 0 radical (unpaired) electrons. The van der Waals surface area contributed by atoms with Crippen molar-refractivity contribution in [1.29, 1.82) is 0 Å². The molecule has 96 valence electrons. The van der Waals surface area contributed by atoms with Crippen LogP contribution in [0.2, 0.25) is 0 Å². The maximum atomic E-state index is 5.20. The summed E-state index contributed by atoms with van der Waals surface area (Å²) in [4.78, 5) is 4.34. The van der Waals surface area contributed by atoms with Gasteiger partial charge in [0.05, 0.1) is 13.5 Å². The highest BCUT2D eigenvalue weighted by molar-refractivity contribution is 5.28. The number of aromatic nitrogens is 2. The molecule has 0 aliphatic rings. The van der Waals surface area contributed by atoms with Crippen LogP contribution < -0.4 is 10.1 Å². The molecule has 0 fully saturated rings. The van der Waals surface area contributed by atoms with Gasteiger partial charge < -0.3 is 14.6 Å². The molecule has 0 spiro atoms. The molecule has 18 heavy (non-hydrogen) atoms. The van der Waals surface area contributed by atoms with Crippen molar-refractivity contribution in [3.8, 4) is 5.75 Å². The van der Waals surface area contributed by atoms with Gasteiger partial charge in [-0.3, -0.25) is 0 Å². The van der Waals surface area contributed by atoms with E-state index < -0.39 is 0 Å². The van der Waals surface area contributed by atoms with E-state index in [1.807, 2.05) is 31.3 Å². The summed E-state index contributed by atoms with van der Waals surface area (Å²) in [5.74, 6) is 2.23. The molecule has 2 aromatic rings. The number of nitrogens with zero attached hydrogens (tertiary/aromatic N) is 2. The molecule has 0 amide bonds. The van der Waals surface area contributed by atoms with Gasteiger partial charge in [0, 0.05) is 13.0 Å². The highest BCUT2D eigenvalue weighted by atomic mass is 16.5. The van der Waals surface area contributed by atoms with E-state index in [0.29, 0.717) is 12.3 Å². The van der Waals surface area contributed by atoms with Crippen LogP contribution in [0.4, 0.5) is 0 Å². The molecule has 0 atom stereocenters. The monoisotopic (exact) mass is 247 g/mol. The number of hydrogen-bond acceptors (Lipinski definition) is 5. The summed E-state index contributed by atoms with van der Waals surface area (Å²) in [6, 6.07) is 7.84. The number of ether oxygens (including phenoxy) is 1. The van der Waals surface area contributed by atoms with Crippen molar-refractivity contribution >= 4 is 0 Å². The van der Waals surface area contributed by atoms with Crippen LogP contribution in [0.3, 0.4) is 0 Å². The molecule has 0 bridgehead atoms. The Hall–Kier alpha value is -1.88. The van der Waals surface area contributed by atoms with Crippen molar-refractivity contribution in [1.82, 2.24) is 15.5 Å². The maximum absolute atomic E-state index is 5.20. The van der Waals surface area contributed by atoms with Crippen molar-refractivity contribution < 1.29 is 9.26 Å². The van der Waals surface area contributed by atoms with Gasteiger partial charge in [0.25, 0.3) is 0 Å². The predicted octanol–water partition coefficient (Wildman–Crippen LogP) is 1.43. The van der Waals surface area contributed by atoms with Crippen LogP contribution in [-0.2, 0) is 12.8 Å². The number of hydrogen-bond donors (Lipinski definition) is 1. The SMILES string of the molecule is CNCCc1noc(Cc2ccc(OC)cc2)n1. The van der Waals surface area contributed by atoms with Gasteiger partial charge in [0.2, 0.25) is 5.89 Å². The minimum Gasteiger partial charge on any atom is -0.497 e. The summed E-state index contributed by atoms with van der Waals surface area (Å²) in [5, 5.41) is 6.99. The van der Waals surface area contributed by atoms with Gasteiger partial charge in [-0.1, -0.05) is 17.3 Å². The topological polar surface area (TPSA) is 60.2 Å². The number of rotatable bonds is 6. The lowest BCUT2D eigenvalue weighted by molar-refractivity contribution is 0.379. The highest BCUT2D eigenvalue weighted by Gasteiger charge is 2.06. The molecule has 1 N–H and O–H groups in total. The second-order valence-electron chi connectivity index (χ2n) is 3.98. The Morgan fingerprint density at radius 1 is 1.28 bits per heavy atom. The zero-order valence-electron chi connectivity index (χ0n) is 10.6. The minimum atomic E-state index is 0.645. The fourth-order valence-corrected chi connectivity index (χ4v) is 1.62. The lowest BCUT2D eigenvalue weighted by Gasteiger charge is -2.00. The van der Waals surface area contributed by atoms with E-state index in [9.17, 15) is 0 Å². The number of methoxy groups -OCH3 is 1. The van der Waals surface area contributed by atoms with Crippen LogP contribution in [0.25, 0.3) is 0 Å². The third kappa shape index (κ3) is 3.30. The first-order chi connectivity index (χ1) is 8.81. The standard InChI is InChI=1S/C13H17N3O2/c1-14-8-7-12-15-13(18-16-12)9-10-3-5-11(17-2)6-4-10/h3-6,14H,7-9H2,1-2H3. The van der Waals surface area contributed by atoms with E-state index in [0.717, 1.165) is 30.1 Å². The molecule has 5 heteroatoms. The summed E-state index contributed by atoms with van der Waals surface area (Å²) in [6.45, 7) is 0.849. The Morgan fingerprint density at radius 2 is 2.06 bits per heavy atom. The van der Waals surface area contributed by atoms with E-state index in [1.165, 1.54) is 0 Å². The van der Waals surface area contributed by atoms with Gasteiger partial charge in [0.15, 0.2) is 5.82 Å². The van der Waals surface area contributed by atoms with E-state index in [4.69, 9.17) is 9.26 Å². The van der Waals surface area contributed by atoms with E-state index >= 15 is 0 Å². The minimum absolute atomic E-state index is 0.645. The molecule has 0 saturated carbocycles. The van der Waals surface area contributed by atoms with Gasteiger partial charge in [-0.2, -0.15) is 4.98 Å². The average molecular weight is 247 g/mol. The Labute approximate surface area is 106 Å². The van der Waals surface area contributed by atoms with Gasteiger partial charge in [-0.25, -0.2) is 0 Å². The first kappa shape index (κ1) is 12.6. The van der Waals surface area contributed by atoms with Gasteiger partial charge in [-0.05, 0) is 24.7 Å². The summed E-state index contributed by atoms with van der Waals surface area (Å²) < 4.78 is 10.3. The zero-order valence-corrected chi connectivity index (χ0v) is 10.6. The quantitative estimate of drug-likeness (QED) is 0.836. The van der Waals surface area contributed by atoms with Crippen molar-refractivity contribution in [2.75, 3.05) is 20.7 Å². The van der Waals surface area contributed by atoms with E-state index in [-0.39, 0.29) is 0 Å². The fourth-order valence-electron chi connectivity index (χ4n) is 1.62. The number of nitrogens with one attached hydrogen (secondary N) is 1. The second kappa shape index (κ2) is 6.16. The second-order valence-corrected chi connectivity index (χ2v) is 3.98. The van der Waals surface area contributed by atoms with Gasteiger partial charge in [-0.15, -0.1) is 0 Å². The smallest absolute Gasteiger partial charge is 0.231 e. The third-order valence-corrected chi connectivity index (χ3v) is 2.62. The molecule has 0 aliphatic heterocycles. The van der Waals surface area contributed by atoms with Crippen LogP contribution in [0, 0.1) is 0 Å². The highest BCUT2D eigenvalue weighted by Crippen LogP contribution is 2.14. The molecule has 0 saturated heterocycles.